The Hall–Kier alpha value is -2.13. The van der Waals surface area contributed by atoms with Crippen LogP contribution in [0.4, 0.5) is 0 Å². The van der Waals surface area contributed by atoms with E-state index in [4.69, 9.17) is 4.74 Å². The van der Waals surface area contributed by atoms with Crippen LogP contribution in [0, 0.1) is 0 Å². The summed E-state index contributed by atoms with van der Waals surface area (Å²) in [6.45, 7) is 1.27. The van der Waals surface area contributed by atoms with Crippen LogP contribution in [0.5, 0.6) is 5.88 Å². The molecule has 2 aromatic rings. The third kappa shape index (κ3) is 4.56. The molecule has 0 aliphatic rings. The summed E-state index contributed by atoms with van der Waals surface area (Å²) in [5, 5.41) is 3.07. The van der Waals surface area contributed by atoms with E-state index >= 15 is 0 Å². The molecule has 0 radical (unpaired) electrons. The predicted octanol–water partition coefficient (Wildman–Crippen LogP) is 2.89. The van der Waals surface area contributed by atoms with E-state index in [9.17, 15) is 0 Å². The molecule has 0 spiro atoms. The van der Waals surface area contributed by atoms with Gasteiger partial charge in [0.1, 0.15) is 6.61 Å². The number of nitrogens with one attached hydrogen (secondary N) is 1. The molecule has 1 aromatic heterocycles. The first-order valence-electron chi connectivity index (χ1n) is 6.33. The number of pyridine rings is 1. The number of ether oxygens (including phenoxy) is 1. The van der Waals surface area contributed by atoms with E-state index in [1.807, 2.05) is 55.6 Å². The Balaban J connectivity index is 1.85. The van der Waals surface area contributed by atoms with E-state index in [0.29, 0.717) is 12.5 Å². The highest BCUT2D eigenvalue weighted by atomic mass is 16.5. The SMILES string of the molecule is CNCc1cccc(OCC=Cc2ccccc2)n1. The standard InChI is InChI=1S/C16H18N2O/c1-17-13-15-10-5-11-16(18-15)19-12-6-9-14-7-3-2-4-8-14/h2-11,17H,12-13H2,1H3. The molecule has 1 aromatic carbocycles. The second-order valence-corrected chi connectivity index (χ2v) is 4.12. The fraction of sp³-hybridized carbons (Fsp3) is 0.188. The first kappa shape index (κ1) is 13.3. The number of rotatable bonds is 6. The largest absolute Gasteiger partial charge is 0.473 e. The maximum absolute atomic E-state index is 5.59. The molecule has 3 heteroatoms. The predicted molar refractivity (Wildman–Crippen MR) is 78.0 cm³/mol. The molecule has 2 rings (SSSR count). The first-order valence-corrected chi connectivity index (χ1v) is 6.33. The summed E-state index contributed by atoms with van der Waals surface area (Å²) in [4.78, 5) is 4.39. The molecular weight excluding hydrogens is 236 g/mol. The van der Waals surface area contributed by atoms with Crippen molar-refractivity contribution in [2.75, 3.05) is 13.7 Å². The monoisotopic (exact) mass is 254 g/mol. The van der Waals surface area contributed by atoms with Crippen LogP contribution in [0.15, 0.2) is 54.6 Å². The lowest BCUT2D eigenvalue weighted by Gasteiger charge is -2.04. The minimum absolute atomic E-state index is 0.519. The van der Waals surface area contributed by atoms with Crippen molar-refractivity contribution in [1.29, 1.82) is 0 Å². The zero-order chi connectivity index (χ0) is 13.3. The number of aromatic nitrogens is 1. The highest BCUT2D eigenvalue weighted by Crippen LogP contribution is 2.08. The van der Waals surface area contributed by atoms with Gasteiger partial charge in [-0.15, -0.1) is 0 Å². The van der Waals surface area contributed by atoms with Gasteiger partial charge in [0.25, 0.3) is 0 Å². The second kappa shape index (κ2) is 7.34. The molecule has 0 atom stereocenters. The summed E-state index contributed by atoms with van der Waals surface area (Å²) in [6, 6.07) is 16.0. The van der Waals surface area contributed by atoms with E-state index in [-0.39, 0.29) is 0 Å². The number of benzene rings is 1. The van der Waals surface area contributed by atoms with Gasteiger partial charge in [-0.25, -0.2) is 4.98 Å². The van der Waals surface area contributed by atoms with Crippen LogP contribution in [0.25, 0.3) is 6.08 Å². The number of hydrogen-bond acceptors (Lipinski definition) is 3. The number of nitrogens with zero attached hydrogens (tertiary/aromatic N) is 1. The third-order valence-corrected chi connectivity index (χ3v) is 2.58. The zero-order valence-corrected chi connectivity index (χ0v) is 11.0. The maximum atomic E-state index is 5.59. The van der Waals surface area contributed by atoms with Gasteiger partial charge in [-0.2, -0.15) is 0 Å². The van der Waals surface area contributed by atoms with E-state index in [1.54, 1.807) is 0 Å². The van der Waals surface area contributed by atoms with Gasteiger partial charge in [0, 0.05) is 12.6 Å². The van der Waals surface area contributed by atoms with Crippen molar-refractivity contribution in [1.82, 2.24) is 10.3 Å². The molecule has 1 heterocycles. The highest BCUT2D eigenvalue weighted by molar-refractivity contribution is 5.48. The molecule has 0 fully saturated rings. The van der Waals surface area contributed by atoms with Gasteiger partial charge in [0.15, 0.2) is 0 Å². The van der Waals surface area contributed by atoms with Gasteiger partial charge in [0.2, 0.25) is 5.88 Å². The zero-order valence-electron chi connectivity index (χ0n) is 11.0. The van der Waals surface area contributed by atoms with Gasteiger partial charge in [-0.3, -0.25) is 0 Å². The van der Waals surface area contributed by atoms with Crippen molar-refractivity contribution < 1.29 is 4.74 Å². The Kier molecular flexibility index (Phi) is 5.14. The molecular formula is C16H18N2O. The van der Waals surface area contributed by atoms with Crippen LogP contribution in [0.1, 0.15) is 11.3 Å². The summed E-state index contributed by atoms with van der Waals surface area (Å²) in [7, 11) is 1.90. The molecule has 0 bridgehead atoms. The summed E-state index contributed by atoms with van der Waals surface area (Å²) in [5.74, 6) is 0.658. The van der Waals surface area contributed by atoms with Gasteiger partial charge >= 0.3 is 0 Å². The van der Waals surface area contributed by atoms with Crippen LogP contribution < -0.4 is 10.1 Å². The van der Waals surface area contributed by atoms with Crippen LogP contribution in [-0.2, 0) is 6.54 Å². The minimum Gasteiger partial charge on any atom is -0.473 e. The van der Waals surface area contributed by atoms with Crippen LogP contribution in [-0.4, -0.2) is 18.6 Å². The topological polar surface area (TPSA) is 34.1 Å². The molecule has 19 heavy (non-hydrogen) atoms. The quantitative estimate of drug-likeness (QED) is 0.860. The fourth-order valence-electron chi connectivity index (χ4n) is 1.70. The van der Waals surface area contributed by atoms with E-state index in [2.05, 4.69) is 22.4 Å². The second-order valence-electron chi connectivity index (χ2n) is 4.12. The lowest BCUT2D eigenvalue weighted by molar-refractivity contribution is 0.347. The number of hydrogen-bond donors (Lipinski definition) is 1. The third-order valence-electron chi connectivity index (χ3n) is 2.58. The smallest absolute Gasteiger partial charge is 0.213 e. The van der Waals surface area contributed by atoms with Crippen LogP contribution in [0.3, 0.4) is 0 Å². The van der Waals surface area contributed by atoms with Gasteiger partial charge in [0.05, 0.1) is 5.69 Å². The summed E-state index contributed by atoms with van der Waals surface area (Å²) >= 11 is 0. The fourth-order valence-corrected chi connectivity index (χ4v) is 1.70. The molecule has 1 N–H and O–H groups in total. The van der Waals surface area contributed by atoms with Crippen molar-refractivity contribution in [3.05, 3.63) is 65.9 Å². The highest BCUT2D eigenvalue weighted by Gasteiger charge is 1.96. The molecule has 0 aliphatic carbocycles. The molecule has 0 saturated carbocycles. The normalized spacial score (nSPS) is 10.8. The molecule has 0 amide bonds. The Labute approximate surface area is 114 Å². The molecule has 0 saturated heterocycles. The molecule has 0 aliphatic heterocycles. The van der Waals surface area contributed by atoms with Gasteiger partial charge in [-0.1, -0.05) is 42.5 Å². The molecule has 98 valence electrons. The van der Waals surface area contributed by atoms with Crippen LogP contribution in [0.2, 0.25) is 0 Å². The van der Waals surface area contributed by atoms with Crippen molar-refractivity contribution in [2.45, 2.75) is 6.54 Å². The average molecular weight is 254 g/mol. The van der Waals surface area contributed by atoms with Crippen LogP contribution >= 0.6 is 0 Å². The molecule has 3 nitrogen and oxygen atoms in total. The van der Waals surface area contributed by atoms with E-state index in [0.717, 1.165) is 12.2 Å². The summed E-state index contributed by atoms with van der Waals surface area (Å²) in [5.41, 5.74) is 2.15. The Bertz CT molecular complexity index is 523. The maximum Gasteiger partial charge on any atom is 0.213 e. The lowest BCUT2D eigenvalue weighted by Crippen LogP contribution is -2.07. The van der Waals surface area contributed by atoms with Crippen molar-refractivity contribution >= 4 is 6.08 Å². The lowest BCUT2D eigenvalue weighted by atomic mass is 10.2. The van der Waals surface area contributed by atoms with Crippen molar-refractivity contribution in [3.63, 3.8) is 0 Å². The first-order chi connectivity index (χ1) is 9.38. The van der Waals surface area contributed by atoms with Crippen molar-refractivity contribution in [2.24, 2.45) is 0 Å². The minimum atomic E-state index is 0.519. The van der Waals surface area contributed by atoms with Gasteiger partial charge in [-0.05, 0) is 24.8 Å². The van der Waals surface area contributed by atoms with Crippen molar-refractivity contribution in [3.8, 4) is 5.88 Å². The average Bonchev–Trinajstić information content (AvgIpc) is 2.46. The van der Waals surface area contributed by atoms with Gasteiger partial charge < -0.3 is 10.1 Å². The Morgan fingerprint density at radius 2 is 1.95 bits per heavy atom. The summed E-state index contributed by atoms with van der Waals surface area (Å²) < 4.78 is 5.59. The summed E-state index contributed by atoms with van der Waals surface area (Å²) in [6.07, 6.45) is 4.03. The Morgan fingerprint density at radius 1 is 1.11 bits per heavy atom. The van der Waals surface area contributed by atoms with E-state index < -0.39 is 0 Å². The molecule has 0 unspecified atom stereocenters. The Morgan fingerprint density at radius 3 is 2.74 bits per heavy atom. The van der Waals surface area contributed by atoms with E-state index in [1.165, 1.54) is 5.56 Å².